The standard InChI is InChI=1S/C10H11IO/c1-12-8-4-5-10(11)9(6-8)7-2-3-7/h4-7H,2-3H2,1H3. The molecule has 0 heterocycles. The van der Waals surface area contributed by atoms with E-state index in [2.05, 4.69) is 34.7 Å². The van der Waals surface area contributed by atoms with Gasteiger partial charge < -0.3 is 4.74 Å². The lowest BCUT2D eigenvalue weighted by molar-refractivity contribution is 0.414. The molecule has 1 aliphatic carbocycles. The van der Waals surface area contributed by atoms with Crippen LogP contribution in [0.5, 0.6) is 5.75 Å². The van der Waals surface area contributed by atoms with Crippen LogP contribution in [0.2, 0.25) is 0 Å². The Hall–Kier alpha value is -0.250. The molecule has 1 aromatic carbocycles. The van der Waals surface area contributed by atoms with Crippen molar-refractivity contribution in [2.75, 3.05) is 7.11 Å². The predicted molar refractivity (Wildman–Crippen MR) is 57.7 cm³/mol. The second-order valence-corrected chi connectivity index (χ2v) is 4.32. The molecule has 2 rings (SSSR count). The van der Waals surface area contributed by atoms with Gasteiger partial charge in [0.1, 0.15) is 5.75 Å². The van der Waals surface area contributed by atoms with E-state index in [9.17, 15) is 0 Å². The molecule has 1 aromatic rings. The molecule has 0 aromatic heterocycles. The zero-order valence-corrected chi connectivity index (χ0v) is 9.17. The zero-order chi connectivity index (χ0) is 8.55. The fourth-order valence-corrected chi connectivity index (χ4v) is 2.13. The van der Waals surface area contributed by atoms with Gasteiger partial charge in [-0.2, -0.15) is 0 Å². The third-order valence-electron chi connectivity index (χ3n) is 2.22. The van der Waals surface area contributed by atoms with Crippen molar-refractivity contribution in [2.24, 2.45) is 0 Å². The minimum absolute atomic E-state index is 0.812. The van der Waals surface area contributed by atoms with Crippen LogP contribution in [0.15, 0.2) is 18.2 Å². The van der Waals surface area contributed by atoms with Gasteiger partial charge in [-0.3, -0.25) is 0 Å². The first-order chi connectivity index (χ1) is 5.81. The molecule has 1 nitrogen and oxygen atoms in total. The fourth-order valence-electron chi connectivity index (χ4n) is 1.36. The molecule has 1 saturated carbocycles. The number of hydrogen-bond donors (Lipinski definition) is 0. The Morgan fingerprint density at radius 3 is 2.75 bits per heavy atom. The maximum atomic E-state index is 5.18. The van der Waals surface area contributed by atoms with Crippen molar-refractivity contribution in [1.29, 1.82) is 0 Å². The van der Waals surface area contributed by atoms with Gasteiger partial charge >= 0.3 is 0 Å². The number of benzene rings is 1. The summed E-state index contributed by atoms with van der Waals surface area (Å²) in [6, 6.07) is 6.32. The van der Waals surface area contributed by atoms with Crippen LogP contribution < -0.4 is 4.74 Å². The Kier molecular flexibility index (Phi) is 2.26. The van der Waals surface area contributed by atoms with Crippen LogP contribution in [0, 0.1) is 3.57 Å². The van der Waals surface area contributed by atoms with E-state index in [0.29, 0.717) is 0 Å². The summed E-state index contributed by atoms with van der Waals surface area (Å²) in [6.45, 7) is 0. The number of ether oxygens (including phenoxy) is 1. The second kappa shape index (κ2) is 3.24. The van der Waals surface area contributed by atoms with Crippen LogP contribution in [-0.4, -0.2) is 7.11 Å². The van der Waals surface area contributed by atoms with Crippen LogP contribution in [0.1, 0.15) is 24.3 Å². The predicted octanol–water partition coefficient (Wildman–Crippen LogP) is 3.18. The maximum Gasteiger partial charge on any atom is 0.119 e. The van der Waals surface area contributed by atoms with Crippen LogP contribution in [0.4, 0.5) is 0 Å². The van der Waals surface area contributed by atoms with Crippen LogP contribution >= 0.6 is 22.6 Å². The third-order valence-corrected chi connectivity index (χ3v) is 3.20. The number of halogens is 1. The van der Waals surface area contributed by atoms with Crippen molar-refractivity contribution >= 4 is 22.6 Å². The Morgan fingerprint density at radius 2 is 2.17 bits per heavy atom. The van der Waals surface area contributed by atoms with Gasteiger partial charge in [0.25, 0.3) is 0 Å². The largest absolute Gasteiger partial charge is 0.497 e. The smallest absolute Gasteiger partial charge is 0.119 e. The van der Waals surface area contributed by atoms with E-state index in [1.165, 1.54) is 22.0 Å². The monoisotopic (exact) mass is 274 g/mol. The highest BCUT2D eigenvalue weighted by Gasteiger charge is 2.25. The van der Waals surface area contributed by atoms with E-state index in [0.717, 1.165) is 11.7 Å². The molecule has 0 N–H and O–H groups in total. The number of hydrogen-bond acceptors (Lipinski definition) is 1. The topological polar surface area (TPSA) is 9.23 Å². The molecule has 2 heteroatoms. The van der Waals surface area contributed by atoms with Gasteiger partial charge in [0.2, 0.25) is 0 Å². The van der Waals surface area contributed by atoms with Crippen LogP contribution in [0.3, 0.4) is 0 Å². The van der Waals surface area contributed by atoms with E-state index in [-0.39, 0.29) is 0 Å². The summed E-state index contributed by atoms with van der Waals surface area (Å²) in [6.07, 6.45) is 2.70. The summed E-state index contributed by atoms with van der Waals surface area (Å²) in [5.74, 6) is 1.80. The molecule has 0 aliphatic heterocycles. The van der Waals surface area contributed by atoms with Crippen LogP contribution in [-0.2, 0) is 0 Å². The van der Waals surface area contributed by atoms with Crippen molar-refractivity contribution in [3.63, 3.8) is 0 Å². The summed E-state index contributed by atoms with van der Waals surface area (Å²) < 4.78 is 6.56. The molecular formula is C10H11IO. The van der Waals surface area contributed by atoms with Crippen LogP contribution in [0.25, 0.3) is 0 Å². The van der Waals surface area contributed by atoms with Gasteiger partial charge in [0.15, 0.2) is 0 Å². The van der Waals surface area contributed by atoms with E-state index >= 15 is 0 Å². The molecule has 0 atom stereocenters. The molecule has 0 spiro atoms. The first kappa shape index (κ1) is 8.35. The Bertz CT molecular complexity index is 292. The highest BCUT2D eigenvalue weighted by Crippen LogP contribution is 2.43. The first-order valence-electron chi connectivity index (χ1n) is 4.14. The molecule has 0 unspecified atom stereocenters. The lowest BCUT2D eigenvalue weighted by Gasteiger charge is -2.05. The average molecular weight is 274 g/mol. The van der Waals surface area contributed by atoms with Crippen molar-refractivity contribution < 1.29 is 4.74 Å². The Balaban J connectivity index is 2.36. The van der Waals surface area contributed by atoms with Gasteiger partial charge in [-0.05, 0) is 65.1 Å². The molecule has 0 radical (unpaired) electrons. The van der Waals surface area contributed by atoms with Crippen molar-refractivity contribution in [2.45, 2.75) is 18.8 Å². The Morgan fingerprint density at radius 1 is 1.42 bits per heavy atom. The summed E-state index contributed by atoms with van der Waals surface area (Å²) in [7, 11) is 1.72. The average Bonchev–Trinajstić information content (AvgIpc) is 2.88. The fraction of sp³-hybridized carbons (Fsp3) is 0.400. The molecule has 0 bridgehead atoms. The minimum Gasteiger partial charge on any atom is -0.497 e. The van der Waals surface area contributed by atoms with Gasteiger partial charge in [-0.1, -0.05) is 0 Å². The molecule has 12 heavy (non-hydrogen) atoms. The lowest BCUT2D eigenvalue weighted by atomic mass is 10.1. The van der Waals surface area contributed by atoms with Crippen molar-refractivity contribution in [3.05, 3.63) is 27.3 Å². The van der Waals surface area contributed by atoms with Crippen molar-refractivity contribution in [3.8, 4) is 5.75 Å². The summed E-state index contributed by atoms with van der Waals surface area (Å²) in [4.78, 5) is 0. The van der Waals surface area contributed by atoms with Gasteiger partial charge in [-0.15, -0.1) is 0 Å². The molecular weight excluding hydrogens is 263 g/mol. The van der Waals surface area contributed by atoms with E-state index in [4.69, 9.17) is 4.74 Å². The first-order valence-corrected chi connectivity index (χ1v) is 5.22. The molecule has 1 aliphatic rings. The highest BCUT2D eigenvalue weighted by molar-refractivity contribution is 14.1. The molecule has 64 valence electrons. The highest BCUT2D eigenvalue weighted by atomic mass is 127. The van der Waals surface area contributed by atoms with E-state index in [1.807, 2.05) is 6.07 Å². The van der Waals surface area contributed by atoms with Crippen molar-refractivity contribution in [1.82, 2.24) is 0 Å². The summed E-state index contributed by atoms with van der Waals surface area (Å²) in [5, 5.41) is 0. The maximum absolute atomic E-state index is 5.18. The second-order valence-electron chi connectivity index (χ2n) is 3.16. The summed E-state index contributed by atoms with van der Waals surface area (Å²) >= 11 is 2.39. The minimum atomic E-state index is 0.812. The van der Waals surface area contributed by atoms with Gasteiger partial charge in [-0.25, -0.2) is 0 Å². The normalized spacial score (nSPS) is 16.2. The summed E-state index contributed by atoms with van der Waals surface area (Å²) in [5.41, 5.74) is 1.47. The van der Waals surface area contributed by atoms with E-state index < -0.39 is 0 Å². The van der Waals surface area contributed by atoms with Gasteiger partial charge in [0, 0.05) is 3.57 Å². The quantitative estimate of drug-likeness (QED) is 0.753. The number of methoxy groups -OCH3 is 1. The van der Waals surface area contributed by atoms with Gasteiger partial charge in [0.05, 0.1) is 7.11 Å². The third kappa shape index (κ3) is 1.58. The molecule has 0 amide bonds. The zero-order valence-electron chi connectivity index (χ0n) is 7.01. The molecule has 0 saturated heterocycles. The SMILES string of the molecule is COc1ccc(I)c(C2CC2)c1. The lowest BCUT2D eigenvalue weighted by Crippen LogP contribution is -1.88. The Labute approximate surface area is 86.3 Å². The number of rotatable bonds is 2. The van der Waals surface area contributed by atoms with E-state index in [1.54, 1.807) is 7.11 Å². The molecule has 1 fully saturated rings.